The van der Waals surface area contributed by atoms with E-state index in [2.05, 4.69) is 6.58 Å². The molecule has 0 saturated carbocycles. The molecule has 0 bridgehead atoms. The van der Waals surface area contributed by atoms with E-state index in [1.165, 1.54) is 13.0 Å². The van der Waals surface area contributed by atoms with Crippen LogP contribution in [0.4, 0.5) is 0 Å². The summed E-state index contributed by atoms with van der Waals surface area (Å²) in [5.41, 5.74) is -0.725. The first kappa shape index (κ1) is 10.9. The molecule has 0 radical (unpaired) electrons. The molecule has 0 aliphatic heterocycles. The highest BCUT2D eigenvalue weighted by atomic mass is 16.6. The lowest BCUT2D eigenvalue weighted by Gasteiger charge is -2.22. The minimum atomic E-state index is -0.725. The first-order valence-electron chi connectivity index (χ1n) is 3.72. The number of allylic oxidation sites excluding steroid dienone is 1. The lowest BCUT2D eigenvalue weighted by molar-refractivity contribution is -0.154. The van der Waals surface area contributed by atoms with Crippen molar-refractivity contribution < 1.29 is 14.3 Å². The maximum Gasteiger partial charge on any atom is 0.303 e. The molecule has 0 aliphatic rings. The van der Waals surface area contributed by atoms with Crippen LogP contribution in [0.25, 0.3) is 0 Å². The van der Waals surface area contributed by atoms with Crippen molar-refractivity contribution in [2.45, 2.75) is 32.8 Å². The van der Waals surface area contributed by atoms with Gasteiger partial charge in [0.2, 0.25) is 0 Å². The fraction of sp³-hybridized carbons (Fsp3) is 0.556. The topological polar surface area (TPSA) is 43.4 Å². The van der Waals surface area contributed by atoms with Gasteiger partial charge >= 0.3 is 5.97 Å². The molecule has 0 aliphatic carbocycles. The van der Waals surface area contributed by atoms with Crippen LogP contribution in [0.1, 0.15) is 27.2 Å². The number of ketones is 1. The number of carbonyl (C=O) groups is 2. The Bertz CT molecular complexity index is 204. The van der Waals surface area contributed by atoms with E-state index in [0.29, 0.717) is 0 Å². The zero-order valence-electron chi connectivity index (χ0n) is 7.72. The van der Waals surface area contributed by atoms with Gasteiger partial charge < -0.3 is 4.74 Å². The monoisotopic (exact) mass is 170 g/mol. The van der Waals surface area contributed by atoms with E-state index in [4.69, 9.17) is 4.74 Å². The van der Waals surface area contributed by atoms with Crippen LogP contribution in [0.2, 0.25) is 0 Å². The molecular formula is C9H14O3. The van der Waals surface area contributed by atoms with Gasteiger partial charge in [0.25, 0.3) is 0 Å². The van der Waals surface area contributed by atoms with E-state index in [-0.39, 0.29) is 18.2 Å². The predicted octanol–water partition coefficient (Wildman–Crippen LogP) is 1.47. The molecule has 0 fully saturated rings. The Balaban J connectivity index is 4.11. The summed E-state index contributed by atoms with van der Waals surface area (Å²) in [6.45, 7) is 8.03. The molecule has 3 nitrogen and oxygen atoms in total. The second kappa shape index (κ2) is 4.04. The van der Waals surface area contributed by atoms with Gasteiger partial charge in [-0.1, -0.05) is 6.58 Å². The van der Waals surface area contributed by atoms with Crippen molar-refractivity contribution in [1.29, 1.82) is 0 Å². The van der Waals surface area contributed by atoms with Gasteiger partial charge in [0.15, 0.2) is 5.78 Å². The van der Waals surface area contributed by atoms with E-state index in [9.17, 15) is 9.59 Å². The molecule has 0 heterocycles. The van der Waals surface area contributed by atoms with Crippen molar-refractivity contribution in [3.05, 3.63) is 12.7 Å². The third-order valence-electron chi connectivity index (χ3n) is 1.25. The van der Waals surface area contributed by atoms with Crippen molar-refractivity contribution in [2.75, 3.05) is 0 Å². The molecule has 0 aromatic rings. The standard InChI is InChI=1S/C9H14O3/c1-5-8(11)6-9(3,4)12-7(2)10/h5H,1,6H2,2-4H3. The summed E-state index contributed by atoms with van der Waals surface area (Å²) in [6, 6.07) is 0. The van der Waals surface area contributed by atoms with Gasteiger partial charge in [0.1, 0.15) is 5.60 Å². The SMILES string of the molecule is C=CC(=O)CC(C)(C)OC(C)=O. The van der Waals surface area contributed by atoms with Gasteiger partial charge in [-0.05, 0) is 19.9 Å². The Morgan fingerprint density at radius 1 is 1.50 bits per heavy atom. The van der Waals surface area contributed by atoms with Crippen molar-refractivity contribution >= 4 is 11.8 Å². The normalized spacial score (nSPS) is 10.6. The molecule has 0 aromatic heterocycles. The van der Waals surface area contributed by atoms with Crippen molar-refractivity contribution in [2.24, 2.45) is 0 Å². The molecule has 0 N–H and O–H groups in total. The molecule has 3 heteroatoms. The maximum absolute atomic E-state index is 10.9. The minimum absolute atomic E-state index is 0.124. The van der Waals surface area contributed by atoms with Crippen LogP contribution in [-0.2, 0) is 14.3 Å². The Kier molecular flexibility index (Phi) is 3.67. The zero-order chi connectivity index (χ0) is 9.78. The van der Waals surface area contributed by atoms with Crippen molar-refractivity contribution in [3.8, 4) is 0 Å². The van der Waals surface area contributed by atoms with Gasteiger partial charge in [-0.2, -0.15) is 0 Å². The summed E-state index contributed by atoms with van der Waals surface area (Å²) in [6.07, 6.45) is 1.40. The lowest BCUT2D eigenvalue weighted by atomic mass is 10.0. The third kappa shape index (κ3) is 4.66. The number of hydrogen-bond donors (Lipinski definition) is 0. The summed E-state index contributed by atoms with van der Waals surface area (Å²) in [5.74, 6) is -0.502. The Morgan fingerprint density at radius 2 is 2.00 bits per heavy atom. The van der Waals surface area contributed by atoms with Crippen LogP contribution in [0.15, 0.2) is 12.7 Å². The average molecular weight is 170 g/mol. The van der Waals surface area contributed by atoms with Gasteiger partial charge in [-0.3, -0.25) is 9.59 Å². The van der Waals surface area contributed by atoms with Crippen molar-refractivity contribution in [3.63, 3.8) is 0 Å². The number of ether oxygens (including phenoxy) is 1. The highest BCUT2D eigenvalue weighted by Gasteiger charge is 2.23. The number of carbonyl (C=O) groups excluding carboxylic acids is 2. The van der Waals surface area contributed by atoms with Crippen LogP contribution in [0.3, 0.4) is 0 Å². The van der Waals surface area contributed by atoms with Crippen LogP contribution in [0.5, 0.6) is 0 Å². The molecule has 68 valence electrons. The van der Waals surface area contributed by atoms with Crippen LogP contribution in [0, 0.1) is 0 Å². The summed E-state index contributed by atoms with van der Waals surface area (Å²) in [4.78, 5) is 21.5. The Labute approximate surface area is 72.4 Å². The molecular weight excluding hydrogens is 156 g/mol. The molecule has 0 spiro atoms. The maximum atomic E-state index is 10.9. The van der Waals surface area contributed by atoms with Crippen LogP contribution >= 0.6 is 0 Å². The highest BCUT2D eigenvalue weighted by molar-refractivity contribution is 5.89. The quantitative estimate of drug-likeness (QED) is 0.474. The third-order valence-corrected chi connectivity index (χ3v) is 1.25. The summed E-state index contributed by atoms with van der Waals surface area (Å²) in [5, 5.41) is 0. The first-order valence-corrected chi connectivity index (χ1v) is 3.72. The second-order valence-corrected chi connectivity index (χ2v) is 3.20. The van der Waals surface area contributed by atoms with Gasteiger partial charge in [0, 0.05) is 13.3 Å². The first-order chi connectivity index (χ1) is 5.37. The van der Waals surface area contributed by atoms with Gasteiger partial charge in [0.05, 0.1) is 0 Å². The molecule has 12 heavy (non-hydrogen) atoms. The summed E-state index contributed by atoms with van der Waals surface area (Å²) in [7, 11) is 0. The second-order valence-electron chi connectivity index (χ2n) is 3.20. The fourth-order valence-corrected chi connectivity index (χ4v) is 0.917. The molecule has 0 atom stereocenters. The number of esters is 1. The van der Waals surface area contributed by atoms with Gasteiger partial charge in [-0.25, -0.2) is 0 Å². The molecule has 0 unspecified atom stereocenters. The molecule has 0 rings (SSSR count). The highest BCUT2D eigenvalue weighted by Crippen LogP contribution is 2.14. The van der Waals surface area contributed by atoms with E-state index in [0.717, 1.165) is 0 Å². The van der Waals surface area contributed by atoms with E-state index < -0.39 is 5.60 Å². The molecule has 0 saturated heterocycles. The molecule has 0 amide bonds. The number of hydrogen-bond acceptors (Lipinski definition) is 3. The summed E-state index contributed by atoms with van der Waals surface area (Å²) < 4.78 is 4.90. The largest absolute Gasteiger partial charge is 0.459 e. The van der Waals surface area contributed by atoms with E-state index in [1.807, 2.05) is 0 Å². The average Bonchev–Trinajstić information content (AvgIpc) is 1.83. The Morgan fingerprint density at radius 3 is 2.33 bits per heavy atom. The van der Waals surface area contributed by atoms with E-state index in [1.54, 1.807) is 13.8 Å². The van der Waals surface area contributed by atoms with Crippen LogP contribution < -0.4 is 0 Å². The number of rotatable bonds is 4. The fourth-order valence-electron chi connectivity index (χ4n) is 0.917. The summed E-state index contributed by atoms with van der Waals surface area (Å²) >= 11 is 0. The zero-order valence-corrected chi connectivity index (χ0v) is 7.72. The Hall–Kier alpha value is -1.12. The molecule has 0 aromatic carbocycles. The van der Waals surface area contributed by atoms with E-state index >= 15 is 0 Å². The predicted molar refractivity (Wildman–Crippen MR) is 45.7 cm³/mol. The van der Waals surface area contributed by atoms with Crippen molar-refractivity contribution in [1.82, 2.24) is 0 Å². The lowest BCUT2D eigenvalue weighted by Crippen LogP contribution is -2.29. The smallest absolute Gasteiger partial charge is 0.303 e. The van der Waals surface area contributed by atoms with Gasteiger partial charge in [-0.15, -0.1) is 0 Å². The minimum Gasteiger partial charge on any atom is -0.459 e. The van der Waals surface area contributed by atoms with Crippen LogP contribution in [-0.4, -0.2) is 17.4 Å².